The fourth-order valence-electron chi connectivity index (χ4n) is 3.31. The van der Waals surface area contributed by atoms with Gasteiger partial charge in [-0.25, -0.2) is 13.8 Å². The average molecular weight is 532 g/mol. The number of carbonyl (C=O) groups excluding carboxylic acids is 1. The van der Waals surface area contributed by atoms with Gasteiger partial charge in [-0.05, 0) is 42.0 Å². The number of nitrogens with zero attached hydrogens (tertiary/aromatic N) is 2. The second kappa shape index (κ2) is 12.4. The number of hydrogen-bond acceptors (Lipinski definition) is 7. The first-order chi connectivity index (χ1) is 17.3. The minimum Gasteiger partial charge on any atom is -0.493 e. The van der Waals surface area contributed by atoms with Gasteiger partial charge in [0.25, 0.3) is 5.91 Å². The molecule has 190 valence electrons. The lowest BCUT2D eigenvalue weighted by molar-refractivity contribution is -0.121. The molecule has 0 heterocycles. The van der Waals surface area contributed by atoms with E-state index in [-0.39, 0.29) is 11.4 Å². The molecule has 0 fully saturated rings. The maximum Gasteiger partial charge on any atom is 0.255 e. The molecule has 0 unspecified atom stereocenters. The van der Waals surface area contributed by atoms with E-state index in [1.54, 1.807) is 54.6 Å². The molecule has 0 aromatic heterocycles. The fraction of sp³-hybridized carbons (Fsp3) is 0.200. The first-order valence-electron chi connectivity index (χ1n) is 10.7. The van der Waals surface area contributed by atoms with Crippen molar-refractivity contribution in [2.45, 2.75) is 11.4 Å². The van der Waals surface area contributed by atoms with Crippen LogP contribution in [0.15, 0.2) is 76.7 Å². The standard InChI is InChI=1S/C25H26ClN3O6S/c1-33-22-13-19(14-23(34-2)25(22)35-3)15-27-28-24(30)17-29(16-18-9-11-20(26)12-10-18)36(31,32)21-7-5-4-6-8-21/h4-15H,16-17H2,1-3H3,(H,28,30)/b27-15+. The Morgan fingerprint density at radius 1 is 0.972 bits per heavy atom. The van der Waals surface area contributed by atoms with Crippen molar-refractivity contribution in [3.8, 4) is 17.2 Å². The summed E-state index contributed by atoms with van der Waals surface area (Å²) in [4.78, 5) is 12.8. The number of halogens is 1. The highest BCUT2D eigenvalue weighted by Crippen LogP contribution is 2.37. The molecule has 3 aromatic rings. The van der Waals surface area contributed by atoms with Gasteiger partial charge in [-0.15, -0.1) is 0 Å². The third kappa shape index (κ3) is 6.75. The van der Waals surface area contributed by atoms with E-state index < -0.39 is 22.5 Å². The van der Waals surface area contributed by atoms with Crippen LogP contribution in [0.3, 0.4) is 0 Å². The smallest absolute Gasteiger partial charge is 0.255 e. The first-order valence-corrected chi connectivity index (χ1v) is 12.5. The Labute approximate surface area is 215 Å². The fourth-order valence-corrected chi connectivity index (χ4v) is 4.84. The number of hydrogen-bond donors (Lipinski definition) is 1. The van der Waals surface area contributed by atoms with Crippen molar-refractivity contribution >= 4 is 33.7 Å². The average Bonchev–Trinajstić information content (AvgIpc) is 2.89. The first kappa shape index (κ1) is 27.0. The number of methoxy groups -OCH3 is 3. The maximum atomic E-state index is 13.3. The molecule has 0 atom stereocenters. The minimum absolute atomic E-state index is 0.0294. The van der Waals surface area contributed by atoms with Gasteiger partial charge in [-0.2, -0.15) is 9.41 Å². The molecule has 1 amide bonds. The maximum absolute atomic E-state index is 13.3. The number of ether oxygens (including phenoxy) is 3. The Morgan fingerprint density at radius 3 is 2.14 bits per heavy atom. The molecule has 0 aliphatic heterocycles. The summed E-state index contributed by atoms with van der Waals surface area (Å²) >= 11 is 5.95. The summed E-state index contributed by atoms with van der Waals surface area (Å²) < 4.78 is 43.5. The number of hydrazone groups is 1. The van der Waals surface area contributed by atoms with E-state index in [9.17, 15) is 13.2 Å². The van der Waals surface area contributed by atoms with Gasteiger partial charge in [0, 0.05) is 17.1 Å². The Kier molecular flexibility index (Phi) is 9.29. The van der Waals surface area contributed by atoms with Crippen LogP contribution in [-0.2, 0) is 21.4 Å². The third-order valence-electron chi connectivity index (χ3n) is 5.06. The largest absolute Gasteiger partial charge is 0.493 e. The Hall–Kier alpha value is -3.60. The zero-order valence-corrected chi connectivity index (χ0v) is 21.5. The molecule has 0 saturated heterocycles. The van der Waals surface area contributed by atoms with Crippen LogP contribution in [0.1, 0.15) is 11.1 Å². The lowest BCUT2D eigenvalue weighted by Gasteiger charge is -2.21. The summed E-state index contributed by atoms with van der Waals surface area (Å²) in [6.45, 7) is -0.481. The van der Waals surface area contributed by atoms with Crippen LogP contribution in [0.25, 0.3) is 0 Å². The number of carbonyl (C=O) groups is 1. The predicted octanol–water partition coefficient (Wildman–Crippen LogP) is 3.71. The van der Waals surface area contributed by atoms with Crippen molar-refractivity contribution in [2.24, 2.45) is 5.10 Å². The second-order valence-electron chi connectivity index (χ2n) is 7.46. The Balaban J connectivity index is 1.79. The van der Waals surface area contributed by atoms with Crippen LogP contribution < -0.4 is 19.6 Å². The van der Waals surface area contributed by atoms with Gasteiger partial charge in [0.2, 0.25) is 15.8 Å². The molecular weight excluding hydrogens is 506 g/mol. The SMILES string of the molecule is COc1cc(/C=N/NC(=O)CN(Cc2ccc(Cl)cc2)S(=O)(=O)c2ccccc2)cc(OC)c1OC. The Bertz CT molecular complexity index is 1290. The number of benzene rings is 3. The normalized spacial score (nSPS) is 11.5. The highest BCUT2D eigenvalue weighted by Gasteiger charge is 2.26. The van der Waals surface area contributed by atoms with E-state index in [0.717, 1.165) is 4.31 Å². The molecule has 3 rings (SSSR count). The summed E-state index contributed by atoms with van der Waals surface area (Å²) in [5.74, 6) is 0.651. The second-order valence-corrected chi connectivity index (χ2v) is 9.84. The third-order valence-corrected chi connectivity index (χ3v) is 7.12. The van der Waals surface area contributed by atoms with E-state index >= 15 is 0 Å². The zero-order valence-electron chi connectivity index (χ0n) is 20.0. The van der Waals surface area contributed by atoms with Gasteiger partial charge in [0.15, 0.2) is 11.5 Å². The highest BCUT2D eigenvalue weighted by molar-refractivity contribution is 7.89. The zero-order chi connectivity index (χ0) is 26.1. The summed E-state index contributed by atoms with van der Waals surface area (Å²) in [7, 11) is 0.504. The Morgan fingerprint density at radius 2 is 1.58 bits per heavy atom. The van der Waals surface area contributed by atoms with Gasteiger partial charge in [0.1, 0.15) is 0 Å². The molecule has 11 heteroatoms. The molecule has 0 aliphatic carbocycles. The molecule has 0 saturated carbocycles. The van der Waals surface area contributed by atoms with Crippen LogP contribution in [0.5, 0.6) is 17.2 Å². The monoisotopic (exact) mass is 531 g/mol. The van der Waals surface area contributed by atoms with Gasteiger partial charge >= 0.3 is 0 Å². The molecule has 0 bridgehead atoms. The van der Waals surface area contributed by atoms with Crippen molar-refractivity contribution in [2.75, 3.05) is 27.9 Å². The molecule has 0 spiro atoms. The predicted molar refractivity (Wildman–Crippen MR) is 137 cm³/mol. The van der Waals surface area contributed by atoms with Crippen LogP contribution in [0.2, 0.25) is 5.02 Å². The van der Waals surface area contributed by atoms with Crippen LogP contribution in [0.4, 0.5) is 0 Å². The number of rotatable bonds is 11. The summed E-state index contributed by atoms with van der Waals surface area (Å²) in [5, 5.41) is 4.48. The van der Waals surface area contributed by atoms with Crippen LogP contribution in [-0.4, -0.2) is 52.7 Å². The molecule has 36 heavy (non-hydrogen) atoms. The number of nitrogens with one attached hydrogen (secondary N) is 1. The van der Waals surface area contributed by atoms with Gasteiger partial charge in [-0.3, -0.25) is 4.79 Å². The lowest BCUT2D eigenvalue weighted by atomic mass is 10.2. The van der Waals surface area contributed by atoms with Crippen LogP contribution in [0, 0.1) is 0 Å². The number of amides is 1. The van der Waals surface area contributed by atoms with Crippen molar-refractivity contribution in [1.29, 1.82) is 0 Å². The molecule has 0 aliphatic rings. The van der Waals surface area contributed by atoms with Crippen molar-refractivity contribution in [3.63, 3.8) is 0 Å². The molecule has 0 radical (unpaired) electrons. The molecular formula is C25H26ClN3O6S. The van der Waals surface area contributed by atoms with Crippen molar-refractivity contribution in [3.05, 3.63) is 82.9 Å². The topological polar surface area (TPSA) is 107 Å². The van der Waals surface area contributed by atoms with Crippen molar-refractivity contribution < 1.29 is 27.4 Å². The van der Waals surface area contributed by atoms with Gasteiger partial charge in [-0.1, -0.05) is 41.9 Å². The van der Waals surface area contributed by atoms with E-state index in [2.05, 4.69) is 10.5 Å². The molecule has 3 aromatic carbocycles. The van der Waals surface area contributed by atoms with E-state index in [0.29, 0.717) is 33.4 Å². The quantitative estimate of drug-likeness (QED) is 0.299. The number of sulfonamides is 1. The highest BCUT2D eigenvalue weighted by atomic mass is 35.5. The lowest BCUT2D eigenvalue weighted by Crippen LogP contribution is -2.39. The van der Waals surface area contributed by atoms with E-state index in [1.807, 2.05) is 0 Å². The minimum atomic E-state index is -3.97. The van der Waals surface area contributed by atoms with E-state index in [4.69, 9.17) is 25.8 Å². The molecule has 1 N–H and O–H groups in total. The summed E-state index contributed by atoms with van der Waals surface area (Å²) in [5.41, 5.74) is 3.62. The van der Waals surface area contributed by atoms with Crippen LogP contribution >= 0.6 is 11.6 Å². The van der Waals surface area contributed by atoms with E-state index in [1.165, 1.54) is 39.7 Å². The molecule has 9 nitrogen and oxygen atoms in total. The van der Waals surface area contributed by atoms with Crippen molar-refractivity contribution in [1.82, 2.24) is 9.73 Å². The summed E-state index contributed by atoms with van der Waals surface area (Å²) in [6, 6.07) is 17.9. The van der Waals surface area contributed by atoms with Gasteiger partial charge < -0.3 is 14.2 Å². The van der Waals surface area contributed by atoms with Gasteiger partial charge in [0.05, 0.1) is 39.0 Å². The summed E-state index contributed by atoms with van der Waals surface area (Å²) in [6.07, 6.45) is 1.39.